The average Bonchev–Trinajstić information content (AvgIpc) is 3.07. The number of rotatable bonds is 5. The van der Waals surface area contributed by atoms with Crippen molar-refractivity contribution in [3.63, 3.8) is 0 Å². The number of hydrogen-bond donors (Lipinski definition) is 0. The van der Waals surface area contributed by atoms with Crippen LogP contribution in [0, 0.1) is 10.1 Å². The molecule has 0 N–H and O–H groups in total. The minimum atomic E-state index is -0.627. The predicted molar refractivity (Wildman–Crippen MR) is 101 cm³/mol. The Morgan fingerprint density at radius 1 is 1.22 bits per heavy atom. The molecule has 0 unspecified atom stereocenters. The summed E-state index contributed by atoms with van der Waals surface area (Å²) in [6, 6.07) is 10.9. The van der Waals surface area contributed by atoms with Gasteiger partial charge in [0.1, 0.15) is 10.8 Å². The number of nitrogens with zero attached hydrogens (tertiary/aromatic N) is 2. The molecule has 7 nitrogen and oxygen atoms in total. The first-order valence-corrected chi connectivity index (χ1v) is 8.56. The molecule has 0 saturated carbocycles. The molecule has 0 radical (unpaired) electrons. The Labute approximate surface area is 160 Å². The lowest BCUT2D eigenvalue weighted by Gasteiger charge is -2.15. The predicted octanol–water partition coefficient (Wildman–Crippen LogP) is 3.99. The molecule has 1 heterocycles. The van der Waals surface area contributed by atoms with E-state index in [0.29, 0.717) is 24.3 Å². The van der Waals surface area contributed by atoms with Crippen LogP contribution in [-0.4, -0.2) is 23.3 Å². The third kappa shape index (κ3) is 4.51. The van der Waals surface area contributed by atoms with E-state index in [-0.39, 0.29) is 16.6 Å². The Kier molecular flexibility index (Phi) is 5.52. The fourth-order valence-electron chi connectivity index (χ4n) is 2.70. The van der Waals surface area contributed by atoms with Crippen molar-refractivity contribution >= 4 is 40.9 Å². The number of nitro benzene ring substituents is 1. The van der Waals surface area contributed by atoms with Crippen LogP contribution >= 0.6 is 11.6 Å². The molecule has 3 rings (SSSR count). The van der Waals surface area contributed by atoms with Crippen LogP contribution in [0.15, 0.2) is 48.5 Å². The zero-order valence-corrected chi connectivity index (χ0v) is 14.9. The normalized spacial score (nSPS) is 14.0. The van der Waals surface area contributed by atoms with Gasteiger partial charge < -0.3 is 9.64 Å². The van der Waals surface area contributed by atoms with Crippen LogP contribution in [0.25, 0.3) is 6.08 Å². The number of hydrogen-bond acceptors (Lipinski definition) is 5. The second kappa shape index (κ2) is 8.01. The van der Waals surface area contributed by atoms with Gasteiger partial charge in [-0.3, -0.25) is 14.9 Å². The van der Waals surface area contributed by atoms with Crippen LogP contribution in [0.2, 0.25) is 5.02 Å². The van der Waals surface area contributed by atoms with Crippen LogP contribution in [0.4, 0.5) is 11.4 Å². The Bertz CT molecular complexity index is 924. The van der Waals surface area contributed by atoms with Gasteiger partial charge in [-0.1, -0.05) is 17.7 Å². The molecule has 1 aliphatic heterocycles. The van der Waals surface area contributed by atoms with Crippen molar-refractivity contribution < 1.29 is 19.2 Å². The molecule has 138 valence electrons. The van der Waals surface area contributed by atoms with Gasteiger partial charge in [0, 0.05) is 30.8 Å². The summed E-state index contributed by atoms with van der Waals surface area (Å²) in [4.78, 5) is 35.6. The Balaban J connectivity index is 1.64. The summed E-state index contributed by atoms with van der Waals surface area (Å²) in [5.41, 5.74) is 0.978. The molecule has 0 aromatic heterocycles. The van der Waals surface area contributed by atoms with Crippen molar-refractivity contribution in [3.8, 4) is 5.75 Å². The molecule has 2 aromatic rings. The van der Waals surface area contributed by atoms with Gasteiger partial charge in [0.05, 0.1) is 4.92 Å². The zero-order chi connectivity index (χ0) is 19.4. The molecule has 0 spiro atoms. The Morgan fingerprint density at radius 3 is 2.59 bits per heavy atom. The molecule has 0 aliphatic carbocycles. The number of amides is 1. The lowest BCUT2D eigenvalue weighted by Crippen LogP contribution is -2.23. The lowest BCUT2D eigenvalue weighted by molar-refractivity contribution is -0.384. The van der Waals surface area contributed by atoms with Crippen LogP contribution in [0.5, 0.6) is 5.75 Å². The third-order valence-corrected chi connectivity index (χ3v) is 4.34. The summed E-state index contributed by atoms with van der Waals surface area (Å²) in [6.45, 7) is 0.688. The number of carbonyl (C=O) groups is 2. The van der Waals surface area contributed by atoms with Crippen molar-refractivity contribution in [1.29, 1.82) is 0 Å². The minimum Gasteiger partial charge on any atom is -0.423 e. The van der Waals surface area contributed by atoms with Crippen molar-refractivity contribution in [1.82, 2.24) is 0 Å². The molecular weight excluding hydrogens is 372 g/mol. The Morgan fingerprint density at radius 2 is 1.96 bits per heavy atom. The molecule has 1 fully saturated rings. The summed E-state index contributed by atoms with van der Waals surface area (Å²) in [5, 5.41) is 10.9. The Hall–Kier alpha value is -3.19. The number of nitro groups is 1. The lowest BCUT2D eigenvalue weighted by atomic mass is 10.2. The molecule has 1 saturated heterocycles. The molecular formula is C19H15ClN2O5. The van der Waals surface area contributed by atoms with E-state index in [0.717, 1.165) is 12.1 Å². The second-order valence-electron chi connectivity index (χ2n) is 5.87. The number of esters is 1. The van der Waals surface area contributed by atoms with Crippen molar-refractivity contribution in [2.45, 2.75) is 12.8 Å². The van der Waals surface area contributed by atoms with Gasteiger partial charge in [0.15, 0.2) is 0 Å². The van der Waals surface area contributed by atoms with E-state index >= 15 is 0 Å². The summed E-state index contributed by atoms with van der Waals surface area (Å²) < 4.78 is 5.19. The quantitative estimate of drug-likeness (QED) is 0.255. The molecule has 0 atom stereocenters. The van der Waals surface area contributed by atoms with Crippen LogP contribution in [0.1, 0.15) is 18.4 Å². The maximum Gasteiger partial charge on any atom is 0.336 e. The number of benzene rings is 2. The van der Waals surface area contributed by atoms with Gasteiger partial charge in [-0.15, -0.1) is 0 Å². The number of ether oxygens (including phenoxy) is 1. The van der Waals surface area contributed by atoms with Crippen molar-refractivity contribution in [3.05, 3.63) is 69.2 Å². The van der Waals surface area contributed by atoms with E-state index < -0.39 is 10.9 Å². The maximum absolute atomic E-state index is 11.9. The SMILES string of the molecule is O=C(/C=C/c1ccc(Cl)c([N+](=O)[O-])c1)Oc1ccc(N2CCCC2=O)cc1. The molecule has 1 aliphatic rings. The van der Waals surface area contributed by atoms with E-state index in [1.807, 2.05) is 0 Å². The van der Waals surface area contributed by atoms with Gasteiger partial charge in [-0.05, 0) is 48.4 Å². The number of carbonyl (C=O) groups excluding carboxylic acids is 2. The molecule has 1 amide bonds. The number of anilines is 1. The highest BCUT2D eigenvalue weighted by Gasteiger charge is 2.21. The second-order valence-corrected chi connectivity index (χ2v) is 6.27. The van der Waals surface area contributed by atoms with E-state index in [9.17, 15) is 19.7 Å². The summed E-state index contributed by atoms with van der Waals surface area (Å²) in [5.74, 6) is -0.209. The first kappa shape index (κ1) is 18.6. The zero-order valence-electron chi connectivity index (χ0n) is 14.1. The topological polar surface area (TPSA) is 89.8 Å². The van der Waals surface area contributed by atoms with E-state index in [1.165, 1.54) is 24.3 Å². The fourth-order valence-corrected chi connectivity index (χ4v) is 2.89. The molecule has 27 heavy (non-hydrogen) atoms. The van der Waals surface area contributed by atoms with Gasteiger partial charge in [0.2, 0.25) is 5.91 Å². The fraction of sp³-hybridized carbons (Fsp3) is 0.158. The highest BCUT2D eigenvalue weighted by atomic mass is 35.5. The molecule has 0 bridgehead atoms. The summed E-state index contributed by atoms with van der Waals surface area (Å²) >= 11 is 5.75. The molecule has 8 heteroatoms. The standard InChI is InChI=1S/C19H15ClN2O5/c20-16-9-3-13(12-17(16)22(25)26)4-10-19(24)27-15-7-5-14(6-8-15)21-11-1-2-18(21)23/h3-10,12H,1-2,11H2/b10-4+. The largest absolute Gasteiger partial charge is 0.423 e. The van der Waals surface area contributed by atoms with Crippen molar-refractivity contribution in [2.24, 2.45) is 0 Å². The van der Waals surface area contributed by atoms with E-state index in [4.69, 9.17) is 16.3 Å². The van der Waals surface area contributed by atoms with Crippen LogP contribution in [-0.2, 0) is 9.59 Å². The first-order chi connectivity index (χ1) is 12.9. The van der Waals surface area contributed by atoms with Gasteiger partial charge in [-0.25, -0.2) is 4.79 Å². The molecule has 2 aromatic carbocycles. The maximum atomic E-state index is 11.9. The average molecular weight is 387 g/mol. The monoisotopic (exact) mass is 386 g/mol. The van der Waals surface area contributed by atoms with Gasteiger partial charge in [-0.2, -0.15) is 0 Å². The van der Waals surface area contributed by atoms with Crippen LogP contribution < -0.4 is 9.64 Å². The van der Waals surface area contributed by atoms with Gasteiger partial charge >= 0.3 is 5.97 Å². The highest BCUT2D eigenvalue weighted by Crippen LogP contribution is 2.26. The highest BCUT2D eigenvalue weighted by molar-refractivity contribution is 6.32. The minimum absolute atomic E-state index is 0.0244. The summed E-state index contributed by atoms with van der Waals surface area (Å²) in [6.07, 6.45) is 3.96. The third-order valence-electron chi connectivity index (χ3n) is 4.02. The van der Waals surface area contributed by atoms with Gasteiger partial charge in [0.25, 0.3) is 5.69 Å². The summed E-state index contributed by atoms with van der Waals surface area (Å²) in [7, 11) is 0. The van der Waals surface area contributed by atoms with E-state index in [2.05, 4.69) is 0 Å². The number of halogens is 1. The van der Waals surface area contributed by atoms with Crippen LogP contribution in [0.3, 0.4) is 0 Å². The van der Waals surface area contributed by atoms with E-state index in [1.54, 1.807) is 35.2 Å². The van der Waals surface area contributed by atoms with Crippen molar-refractivity contribution in [2.75, 3.05) is 11.4 Å². The smallest absolute Gasteiger partial charge is 0.336 e. The first-order valence-electron chi connectivity index (χ1n) is 8.18.